The zero-order valence-corrected chi connectivity index (χ0v) is 20.5. The van der Waals surface area contributed by atoms with Gasteiger partial charge >= 0.3 is 0 Å². The van der Waals surface area contributed by atoms with Crippen LogP contribution in [0.25, 0.3) is 0 Å². The Morgan fingerprint density at radius 1 is 0.933 bits per heavy atom. The van der Waals surface area contributed by atoms with E-state index in [1.54, 1.807) is 7.11 Å². The molecule has 0 aromatic heterocycles. The van der Waals surface area contributed by atoms with E-state index < -0.39 is 8.07 Å². The molecule has 0 fully saturated rings. The minimum atomic E-state index is -1.80. The average Bonchev–Trinajstić information content (AvgIpc) is 2.71. The van der Waals surface area contributed by atoms with Crippen LogP contribution in [0.3, 0.4) is 0 Å². The first-order chi connectivity index (χ1) is 14.2. The summed E-state index contributed by atoms with van der Waals surface area (Å²) >= 11 is 0. The van der Waals surface area contributed by atoms with Gasteiger partial charge in [-0.25, -0.2) is 0 Å². The minimum Gasteiger partial charge on any atom is -0.497 e. The summed E-state index contributed by atoms with van der Waals surface area (Å²) in [4.78, 5) is 0. The minimum absolute atomic E-state index is 0.0643. The lowest BCUT2D eigenvalue weighted by Gasteiger charge is -2.42. The number of benzene rings is 2. The van der Waals surface area contributed by atoms with Gasteiger partial charge in [0.25, 0.3) is 0 Å². The quantitative estimate of drug-likeness (QED) is 0.442. The van der Waals surface area contributed by atoms with E-state index in [2.05, 4.69) is 90.2 Å². The molecule has 1 unspecified atom stereocenters. The topological polar surface area (TPSA) is 18.5 Å². The molecule has 0 spiro atoms. The monoisotopic (exact) mass is 420 g/mol. The molecule has 0 saturated heterocycles. The lowest BCUT2D eigenvalue weighted by molar-refractivity contribution is 0.395. The zero-order chi connectivity index (χ0) is 22.1. The molecule has 0 aliphatic carbocycles. The van der Waals surface area contributed by atoms with Gasteiger partial charge in [-0.2, -0.15) is 0 Å². The molecule has 0 saturated carbocycles. The summed E-state index contributed by atoms with van der Waals surface area (Å²) < 4.78 is 12.1. The number of hydrogen-bond acceptors (Lipinski definition) is 2. The lowest BCUT2D eigenvalue weighted by Crippen LogP contribution is -2.43. The molecule has 1 heterocycles. The predicted molar refractivity (Wildman–Crippen MR) is 130 cm³/mol. The maximum absolute atomic E-state index is 6.54. The number of hydrogen-bond donors (Lipinski definition) is 0. The molecule has 3 rings (SSSR count). The van der Waals surface area contributed by atoms with Crippen molar-refractivity contribution in [2.24, 2.45) is 0 Å². The average molecular weight is 421 g/mol. The second-order valence-electron chi connectivity index (χ2n) is 9.35. The first-order valence-corrected chi connectivity index (χ1v) is 13.4. The van der Waals surface area contributed by atoms with Gasteiger partial charge in [0.2, 0.25) is 0 Å². The molecule has 1 aliphatic rings. The van der Waals surface area contributed by atoms with Crippen LogP contribution in [-0.4, -0.2) is 15.2 Å². The van der Waals surface area contributed by atoms with Crippen molar-refractivity contribution in [1.82, 2.24) is 0 Å². The zero-order valence-electron chi connectivity index (χ0n) is 19.5. The molecule has 2 aromatic carbocycles. The summed E-state index contributed by atoms with van der Waals surface area (Å²) in [6.45, 7) is 18.8. The summed E-state index contributed by atoms with van der Waals surface area (Å²) in [7, 11) is -0.0936. The molecular weight excluding hydrogens is 384 g/mol. The number of fused-ring (bicyclic) bond motifs is 1. The maximum Gasteiger partial charge on any atom is 0.131 e. The van der Waals surface area contributed by atoms with Crippen molar-refractivity contribution in [3.05, 3.63) is 83.3 Å². The molecule has 0 N–H and O–H groups in total. The van der Waals surface area contributed by atoms with E-state index in [0.717, 1.165) is 28.4 Å². The molecular formula is C27H36O2Si. The highest BCUT2D eigenvalue weighted by Crippen LogP contribution is 2.49. The SMILES string of the molecule is C=C1/C(=C/[Si](C(C)C)(C(C)C)C(C)C)Oc2ccc(OC)cc2C1c1ccccc1. The van der Waals surface area contributed by atoms with E-state index in [1.807, 2.05) is 12.1 Å². The Bertz CT molecular complexity index is 903. The second-order valence-corrected chi connectivity index (χ2v) is 15.1. The Hall–Kier alpha value is -2.26. The first kappa shape index (κ1) is 22.4. The predicted octanol–water partition coefficient (Wildman–Crippen LogP) is 7.88. The van der Waals surface area contributed by atoms with E-state index in [0.29, 0.717) is 16.6 Å². The van der Waals surface area contributed by atoms with Crippen LogP contribution in [0.2, 0.25) is 16.6 Å². The van der Waals surface area contributed by atoms with Crippen LogP contribution in [0.5, 0.6) is 11.5 Å². The van der Waals surface area contributed by atoms with Gasteiger partial charge in [-0.05, 0) is 46.0 Å². The number of rotatable bonds is 6. The van der Waals surface area contributed by atoms with Gasteiger partial charge in [0.15, 0.2) is 0 Å². The Morgan fingerprint density at radius 2 is 1.53 bits per heavy atom. The van der Waals surface area contributed by atoms with E-state index in [1.165, 1.54) is 5.56 Å². The van der Waals surface area contributed by atoms with Crippen LogP contribution < -0.4 is 9.47 Å². The van der Waals surface area contributed by atoms with Crippen molar-refractivity contribution >= 4 is 8.07 Å². The van der Waals surface area contributed by atoms with Crippen molar-refractivity contribution in [1.29, 1.82) is 0 Å². The molecule has 0 amide bonds. The van der Waals surface area contributed by atoms with Gasteiger partial charge in [0.1, 0.15) is 17.3 Å². The van der Waals surface area contributed by atoms with Crippen LogP contribution in [0.15, 0.2) is 72.1 Å². The lowest BCUT2D eigenvalue weighted by atomic mass is 9.82. The molecule has 3 heteroatoms. The van der Waals surface area contributed by atoms with Gasteiger partial charge in [-0.15, -0.1) is 0 Å². The highest BCUT2D eigenvalue weighted by Gasteiger charge is 2.43. The maximum atomic E-state index is 6.54. The van der Waals surface area contributed by atoms with E-state index in [-0.39, 0.29) is 5.92 Å². The Morgan fingerprint density at radius 3 is 2.07 bits per heavy atom. The molecule has 2 aromatic rings. The van der Waals surface area contributed by atoms with Gasteiger partial charge < -0.3 is 9.47 Å². The summed E-state index contributed by atoms with van der Waals surface area (Å²) in [5, 5.41) is 0. The molecule has 1 aliphatic heterocycles. The third kappa shape index (κ3) is 3.88. The van der Waals surface area contributed by atoms with E-state index in [4.69, 9.17) is 9.47 Å². The van der Waals surface area contributed by atoms with Crippen molar-refractivity contribution in [2.45, 2.75) is 64.1 Å². The molecule has 1 atom stereocenters. The highest BCUT2D eigenvalue weighted by atomic mass is 28.3. The van der Waals surface area contributed by atoms with Crippen molar-refractivity contribution < 1.29 is 9.47 Å². The third-order valence-corrected chi connectivity index (χ3v) is 13.7. The molecule has 160 valence electrons. The molecule has 30 heavy (non-hydrogen) atoms. The molecule has 2 nitrogen and oxygen atoms in total. The molecule has 0 bridgehead atoms. The normalized spacial score (nSPS) is 18.1. The Labute approximate surface area is 183 Å². The first-order valence-electron chi connectivity index (χ1n) is 11.0. The van der Waals surface area contributed by atoms with Gasteiger partial charge in [0.05, 0.1) is 15.2 Å². The number of methoxy groups -OCH3 is 1. The van der Waals surface area contributed by atoms with Crippen molar-refractivity contribution in [2.75, 3.05) is 7.11 Å². The van der Waals surface area contributed by atoms with Gasteiger partial charge in [-0.3, -0.25) is 0 Å². The van der Waals surface area contributed by atoms with Crippen LogP contribution in [-0.2, 0) is 0 Å². The Kier molecular flexibility index (Phi) is 6.61. The van der Waals surface area contributed by atoms with Crippen LogP contribution in [0.1, 0.15) is 58.6 Å². The van der Waals surface area contributed by atoms with E-state index >= 15 is 0 Å². The van der Waals surface area contributed by atoms with Crippen LogP contribution in [0.4, 0.5) is 0 Å². The Balaban J connectivity index is 2.21. The largest absolute Gasteiger partial charge is 0.497 e. The standard InChI is InChI=1S/C27H36O2Si/c1-18(2)30(19(3)4,20(5)6)17-26-21(7)27(22-12-10-9-11-13-22)24-16-23(28-8)14-15-25(24)29-26/h9-20,27H,7H2,1-6,8H3/b26-17-. The summed E-state index contributed by atoms with van der Waals surface area (Å²) in [5.41, 5.74) is 7.77. The van der Waals surface area contributed by atoms with E-state index in [9.17, 15) is 0 Å². The highest BCUT2D eigenvalue weighted by molar-refractivity contribution is 6.88. The fourth-order valence-corrected chi connectivity index (χ4v) is 11.1. The van der Waals surface area contributed by atoms with Crippen LogP contribution in [0, 0.1) is 0 Å². The second kappa shape index (κ2) is 8.85. The summed E-state index contributed by atoms with van der Waals surface area (Å²) in [5.74, 6) is 2.77. The fourth-order valence-electron chi connectivity index (χ4n) is 5.36. The fraction of sp³-hybridized carbons (Fsp3) is 0.407. The van der Waals surface area contributed by atoms with Crippen molar-refractivity contribution in [3.63, 3.8) is 0 Å². The summed E-state index contributed by atoms with van der Waals surface area (Å²) in [6.07, 6.45) is 0. The summed E-state index contributed by atoms with van der Waals surface area (Å²) in [6, 6.07) is 16.7. The van der Waals surface area contributed by atoms with Crippen molar-refractivity contribution in [3.8, 4) is 11.5 Å². The van der Waals surface area contributed by atoms with Gasteiger partial charge in [0, 0.05) is 11.5 Å². The number of allylic oxidation sites excluding steroid dienone is 1. The van der Waals surface area contributed by atoms with Gasteiger partial charge in [-0.1, -0.05) is 84.2 Å². The van der Waals surface area contributed by atoms with Crippen LogP contribution >= 0.6 is 0 Å². The number of ether oxygens (including phenoxy) is 2. The molecule has 0 radical (unpaired) electrons. The third-order valence-electron chi connectivity index (χ3n) is 6.93. The smallest absolute Gasteiger partial charge is 0.131 e.